The molecule has 32 heavy (non-hydrogen) atoms. The topological polar surface area (TPSA) is 50.3 Å². The third kappa shape index (κ3) is 4.51. The van der Waals surface area contributed by atoms with Crippen molar-refractivity contribution in [2.45, 2.75) is 29.4 Å². The average Bonchev–Trinajstić information content (AvgIpc) is 2.82. The van der Waals surface area contributed by atoms with Gasteiger partial charge in [-0.15, -0.1) is 12.4 Å². The van der Waals surface area contributed by atoms with Gasteiger partial charge in [-0.2, -0.15) is 0 Å². The van der Waals surface area contributed by atoms with Gasteiger partial charge in [0, 0.05) is 18.1 Å². The quantitative estimate of drug-likeness (QED) is 0.401. The molecule has 166 valence electrons. The second-order valence-electron chi connectivity index (χ2n) is 8.35. The van der Waals surface area contributed by atoms with Gasteiger partial charge in [-0.3, -0.25) is 4.98 Å². The summed E-state index contributed by atoms with van der Waals surface area (Å²) < 4.78 is 26.7. The van der Waals surface area contributed by atoms with Crippen LogP contribution in [0.2, 0.25) is 0 Å². The first-order valence-electron chi connectivity index (χ1n) is 10.9. The summed E-state index contributed by atoms with van der Waals surface area (Å²) in [6, 6.07) is 24.3. The van der Waals surface area contributed by atoms with Gasteiger partial charge in [-0.25, -0.2) is 8.42 Å². The summed E-state index contributed by atoms with van der Waals surface area (Å²) in [5.74, 6) is 0. The summed E-state index contributed by atoms with van der Waals surface area (Å²) in [5.41, 5.74) is 1.92. The molecule has 0 aliphatic carbocycles. The fourth-order valence-corrected chi connectivity index (χ4v) is 6.51. The van der Waals surface area contributed by atoms with Crippen LogP contribution in [0.3, 0.4) is 0 Å². The Morgan fingerprint density at radius 3 is 2.38 bits per heavy atom. The van der Waals surface area contributed by atoms with Crippen LogP contribution in [0.4, 0.5) is 0 Å². The van der Waals surface area contributed by atoms with E-state index in [0.29, 0.717) is 23.3 Å². The lowest BCUT2D eigenvalue weighted by atomic mass is 10.0. The van der Waals surface area contributed by atoms with E-state index in [1.54, 1.807) is 12.3 Å². The molecule has 4 aromatic rings. The van der Waals surface area contributed by atoms with Crippen LogP contribution in [-0.2, 0) is 16.3 Å². The van der Waals surface area contributed by atoms with Crippen LogP contribution in [0, 0.1) is 0 Å². The van der Waals surface area contributed by atoms with Crippen LogP contribution in [0.25, 0.3) is 21.7 Å². The fraction of sp³-hybridized carbons (Fsp3) is 0.269. The number of likely N-dealkylation sites (tertiary alicyclic amines) is 1. The van der Waals surface area contributed by atoms with Gasteiger partial charge < -0.3 is 4.90 Å². The number of rotatable bonds is 5. The number of aromatic nitrogens is 1. The van der Waals surface area contributed by atoms with E-state index in [-0.39, 0.29) is 17.7 Å². The molecule has 2 heterocycles. The third-order valence-corrected chi connectivity index (χ3v) is 8.70. The van der Waals surface area contributed by atoms with Gasteiger partial charge in [0.25, 0.3) is 0 Å². The fourth-order valence-electron chi connectivity index (χ4n) is 4.61. The van der Waals surface area contributed by atoms with Crippen molar-refractivity contribution in [3.05, 3.63) is 84.6 Å². The molecule has 0 radical (unpaired) electrons. The molecule has 5 rings (SSSR count). The predicted molar refractivity (Wildman–Crippen MR) is 133 cm³/mol. The maximum absolute atomic E-state index is 13.4. The van der Waals surface area contributed by atoms with Crippen molar-refractivity contribution in [3.63, 3.8) is 0 Å². The minimum atomic E-state index is -3.39. The molecule has 0 spiro atoms. The SMILES string of the molecule is Cl.O=S(=O)(c1cccc2cccnc12)C1CCN(CCc2ccc3ccccc3c2)CC1. The Hall–Kier alpha value is -2.47. The van der Waals surface area contributed by atoms with Gasteiger partial charge in [0.05, 0.1) is 15.7 Å². The third-order valence-electron chi connectivity index (χ3n) is 6.41. The molecular formula is C26H27ClN2O2S. The Bertz CT molecular complexity index is 1330. The molecule has 0 bridgehead atoms. The highest BCUT2D eigenvalue weighted by molar-refractivity contribution is 7.92. The molecule has 0 N–H and O–H groups in total. The normalized spacial score (nSPS) is 15.6. The van der Waals surface area contributed by atoms with Crippen molar-refractivity contribution in [1.29, 1.82) is 0 Å². The van der Waals surface area contributed by atoms with Crippen molar-refractivity contribution in [1.82, 2.24) is 9.88 Å². The van der Waals surface area contributed by atoms with Crippen molar-refractivity contribution >= 4 is 43.9 Å². The number of hydrogen-bond donors (Lipinski definition) is 0. The number of sulfone groups is 1. The minimum Gasteiger partial charge on any atom is -0.303 e. The molecule has 0 saturated carbocycles. The second kappa shape index (κ2) is 9.57. The van der Waals surface area contributed by atoms with Crippen molar-refractivity contribution in [2.24, 2.45) is 0 Å². The molecule has 0 atom stereocenters. The molecule has 0 amide bonds. The number of benzene rings is 3. The van der Waals surface area contributed by atoms with Crippen LogP contribution < -0.4 is 0 Å². The Labute approximate surface area is 195 Å². The number of pyridine rings is 1. The Kier molecular flexibility index (Phi) is 6.79. The average molecular weight is 467 g/mol. The van der Waals surface area contributed by atoms with Gasteiger partial charge in [0.2, 0.25) is 0 Å². The number of fused-ring (bicyclic) bond motifs is 2. The number of para-hydroxylation sites is 1. The lowest BCUT2D eigenvalue weighted by molar-refractivity contribution is 0.232. The molecule has 1 fully saturated rings. The van der Waals surface area contributed by atoms with E-state index < -0.39 is 9.84 Å². The zero-order valence-corrected chi connectivity index (χ0v) is 19.5. The predicted octanol–water partition coefficient (Wildman–Crippen LogP) is 5.29. The monoisotopic (exact) mass is 466 g/mol. The first-order chi connectivity index (χ1) is 15.1. The summed E-state index contributed by atoms with van der Waals surface area (Å²) in [5, 5.41) is 3.07. The number of halogens is 1. The lowest BCUT2D eigenvalue weighted by Gasteiger charge is -2.31. The van der Waals surface area contributed by atoms with Crippen LogP contribution in [-0.4, -0.2) is 43.2 Å². The second-order valence-corrected chi connectivity index (χ2v) is 10.5. The minimum absolute atomic E-state index is 0. The van der Waals surface area contributed by atoms with Gasteiger partial charge in [-0.1, -0.05) is 60.7 Å². The van der Waals surface area contributed by atoms with Gasteiger partial charge >= 0.3 is 0 Å². The summed E-state index contributed by atoms with van der Waals surface area (Å²) in [4.78, 5) is 7.12. The summed E-state index contributed by atoms with van der Waals surface area (Å²) in [6.07, 6.45) is 3.98. The molecular weight excluding hydrogens is 440 g/mol. The number of piperidine rings is 1. The van der Waals surface area contributed by atoms with E-state index in [0.717, 1.165) is 31.4 Å². The molecule has 4 nitrogen and oxygen atoms in total. The van der Waals surface area contributed by atoms with Crippen molar-refractivity contribution in [2.75, 3.05) is 19.6 Å². The van der Waals surface area contributed by atoms with Crippen LogP contribution in [0.5, 0.6) is 0 Å². The first kappa shape index (κ1) is 22.7. The molecule has 1 saturated heterocycles. The van der Waals surface area contributed by atoms with Crippen molar-refractivity contribution < 1.29 is 8.42 Å². The molecule has 1 aliphatic heterocycles. The highest BCUT2D eigenvalue weighted by Gasteiger charge is 2.32. The zero-order valence-electron chi connectivity index (χ0n) is 17.9. The number of nitrogens with zero attached hydrogens (tertiary/aromatic N) is 2. The highest BCUT2D eigenvalue weighted by atomic mass is 35.5. The van der Waals surface area contributed by atoms with E-state index in [1.165, 1.54) is 16.3 Å². The van der Waals surface area contributed by atoms with Crippen LogP contribution in [0.15, 0.2) is 83.9 Å². The smallest absolute Gasteiger partial charge is 0.183 e. The highest BCUT2D eigenvalue weighted by Crippen LogP contribution is 2.29. The summed E-state index contributed by atoms with van der Waals surface area (Å²) in [7, 11) is -3.39. The maximum Gasteiger partial charge on any atom is 0.183 e. The van der Waals surface area contributed by atoms with E-state index in [9.17, 15) is 8.42 Å². The largest absolute Gasteiger partial charge is 0.303 e. The maximum atomic E-state index is 13.4. The zero-order chi connectivity index (χ0) is 21.3. The molecule has 1 aromatic heterocycles. The summed E-state index contributed by atoms with van der Waals surface area (Å²) >= 11 is 0. The van der Waals surface area contributed by atoms with Crippen LogP contribution >= 0.6 is 12.4 Å². The Balaban J connectivity index is 0.00000245. The van der Waals surface area contributed by atoms with Gasteiger partial charge in [0.15, 0.2) is 9.84 Å². The Morgan fingerprint density at radius 1 is 0.844 bits per heavy atom. The molecule has 6 heteroatoms. The molecule has 3 aromatic carbocycles. The van der Waals surface area contributed by atoms with E-state index in [1.807, 2.05) is 24.3 Å². The number of hydrogen-bond acceptors (Lipinski definition) is 4. The van der Waals surface area contributed by atoms with E-state index in [2.05, 4.69) is 52.3 Å². The van der Waals surface area contributed by atoms with Crippen LogP contribution in [0.1, 0.15) is 18.4 Å². The Morgan fingerprint density at radius 2 is 1.56 bits per heavy atom. The van der Waals surface area contributed by atoms with E-state index in [4.69, 9.17) is 0 Å². The molecule has 1 aliphatic rings. The van der Waals surface area contributed by atoms with Gasteiger partial charge in [-0.05, 0) is 60.8 Å². The van der Waals surface area contributed by atoms with E-state index >= 15 is 0 Å². The summed E-state index contributed by atoms with van der Waals surface area (Å²) in [6.45, 7) is 2.59. The standard InChI is InChI=1S/C26H26N2O2S.ClH/c29-31(30,25-9-3-7-22-8-4-15-27-26(22)25)24-13-17-28(18-14-24)16-12-20-10-11-21-5-1-2-6-23(21)19-20;/h1-11,15,19,24H,12-14,16-18H2;1H. The van der Waals surface area contributed by atoms with Crippen molar-refractivity contribution in [3.8, 4) is 0 Å². The molecule has 0 unspecified atom stereocenters. The van der Waals surface area contributed by atoms with Gasteiger partial charge in [0.1, 0.15) is 0 Å². The first-order valence-corrected chi connectivity index (χ1v) is 12.4. The lowest BCUT2D eigenvalue weighted by Crippen LogP contribution is -2.40.